The summed E-state index contributed by atoms with van der Waals surface area (Å²) in [5.74, 6) is 1.37. The smallest absolute Gasteiger partial charge is 0.163 e. The van der Waals surface area contributed by atoms with Crippen LogP contribution in [0.3, 0.4) is 0 Å². The van der Waals surface area contributed by atoms with Crippen molar-refractivity contribution in [1.29, 1.82) is 0 Å². The molecule has 0 aliphatic rings. The number of benzene rings is 1. The van der Waals surface area contributed by atoms with E-state index in [-0.39, 0.29) is 0 Å². The van der Waals surface area contributed by atoms with Gasteiger partial charge in [0.25, 0.3) is 0 Å². The molecule has 0 atom stereocenters. The third-order valence-corrected chi connectivity index (χ3v) is 4.60. The molecule has 2 rings (SSSR count). The van der Waals surface area contributed by atoms with Crippen molar-refractivity contribution in [1.82, 2.24) is 9.97 Å². The van der Waals surface area contributed by atoms with E-state index in [4.69, 9.17) is 23.2 Å². The van der Waals surface area contributed by atoms with Crippen LogP contribution in [0.15, 0.2) is 22.7 Å². The highest BCUT2D eigenvalue weighted by Crippen LogP contribution is 2.34. The van der Waals surface area contributed by atoms with Gasteiger partial charge in [0.05, 0.1) is 20.2 Å². The first-order valence-electron chi connectivity index (χ1n) is 6.83. The molecule has 3 nitrogen and oxygen atoms in total. The summed E-state index contributed by atoms with van der Waals surface area (Å²) in [6.45, 7) is 4.93. The lowest BCUT2D eigenvalue weighted by Gasteiger charge is -2.13. The van der Waals surface area contributed by atoms with Gasteiger partial charge in [-0.15, -0.1) is 0 Å². The number of anilines is 1. The van der Waals surface area contributed by atoms with Crippen LogP contribution in [0.4, 0.5) is 5.82 Å². The maximum Gasteiger partial charge on any atom is 0.163 e. The average molecular weight is 389 g/mol. The van der Waals surface area contributed by atoms with Gasteiger partial charge in [0.1, 0.15) is 5.82 Å². The Kier molecular flexibility index (Phi) is 5.85. The van der Waals surface area contributed by atoms with Crippen molar-refractivity contribution in [3.8, 4) is 11.4 Å². The minimum atomic E-state index is 0.478. The Labute approximate surface area is 143 Å². The second kappa shape index (κ2) is 7.43. The molecule has 1 aromatic carbocycles. The van der Waals surface area contributed by atoms with Gasteiger partial charge in [0.15, 0.2) is 5.82 Å². The van der Waals surface area contributed by atoms with Crippen LogP contribution in [0.5, 0.6) is 0 Å². The summed E-state index contributed by atoms with van der Waals surface area (Å²) in [5, 5.41) is 4.23. The predicted octanol–water partition coefficient (Wildman–Crippen LogP) is 5.60. The molecule has 0 spiro atoms. The summed E-state index contributed by atoms with van der Waals surface area (Å²) in [4.78, 5) is 9.20. The van der Waals surface area contributed by atoms with Gasteiger partial charge in [-0.1, -0.05) is 42.6 Å². The summed E-state index contributed by atoms with van der Waals surface area (Å²) < 4.78 is 0.910. The molecule has 1 N–H and O–H groups in total. The Bertz CT molecular complexity index is 620. The van der Waals surface area contributed by atoms with E-state index < -0.39 is 0 Å². The Morgan fingerprint density at radius 2 is 1.95 bits per heavy atom. The molecule has 0 radical (unpaired) electrons. The Hall–Kier alpha value is -0.840. The normalized spacial score (nSPS) is 10.7. The molecule has 0 aliphatic carbocycles. The van der Waals surface area contributed by atoms with Crippen molar-refractivity contribution in [2.75, 3.05) is 11.9 Å². The molecule has 1 heterocycles. The molecule has 0 fully saturated rings. The summed E-state index contributed by atoms with van der Waals surface area (Å²) in [5.41, 5.74) is 1.71. The van der Waals surface area contributed by atoms with Crippen molar-refractivity contribution in [3.63, 3.8) is 0 Å². The zero-order chi connectivity index (χ0) is 15.4. The molecule has 1 aromatic heterocycles. The molecule has 6 heteroatoms. The summed E-state index contributed by atoms with van der Waals surface area (Å²) >= 11 is 15.9. The molecule has 112 valence electrons. The minimum Gasteiger partial charge on any atom is -0.369 e. The van der Waals surface area contributed by atoms with Gasteiger partial charge in [-0.3, -0.25) is 0 Å². The van der Waals surface area contributed by atoms with Crippen molar-refractivity contribution in [2.24, 2.45) is 0 Å². The van der Waals surface area contributed by atoms with Gasteiger partial charge in [0.2, 0.25) is 0 Å². The van der Waals surface area contributed by atoms with E-state index in [0.717, 1.165) is 40.9 Å². The topological polar surface area (TPSA) is 37.8 Å². The van der Waals surface area contributed by atoms with Gasteiger partial charge >= 0.3 is 0 Å². The number of aryl methyl sites for hydroxylation is 1. The third-order valence-electron chi connectivity index (χ3n) is 2.94. The molecule has 0 saturated heterocycles. The van der Waals surface area contributed by atoms with Gasteiger partial charge in [-0.25, -0.2) is 9.97 Å². The molecule has 2 aromatic rings. The second-order valence-electron chi connectivity index (χ2n) is 4.54. The number of halogens is 3. The van der Waals surface area contributed by atoms with Gasteiger partial charge < -0.3 is 5.32 Å². The van der Waals surface area contributed by atoms with Gasteiger partial charge in [-0.2, -0.15) is 0 Å². The monoisotopic (exact) mass is 387 g/mol. The first-order chi connectivity index (χ1) is 10.1. The van der Waals surface area contributed by atoms with E-state index in [1.54, 1.807) is 6.07 Å². The molecule has 21 heavy (non-hydrogen) atoms. The number of aromatic nitrogens is 2. The van der Waals surface area contributed by atoms with Crippen LogP contribution in [-0.2, 0) is 6.42 Å². The number of rotatable bonds is 5. The largest absolute Gasteiger partial charge is 0.369 e. The molecular weight excluding hydrogens is 373 g/mol. The van der Waals surface area contributed by atoms with E-state index in [1.165, 1.54) is 0 Å². The Morgan fingerprint density at radius 1 is 1.19 bits per heavy atom. The predicted molar refractivity (Wildman–Crippen MR) is 93.3 cm³/mol. The quantitative estimate of drug-likeness (QED) is 0.724. The second-order valence-corrected chi connectivity index (χ2v) is 6.12. The van der Waals surface area contributed by atoms with Gasteiger partial charge in [-0.05, 0) is 41.4 Å². The lowest BCUT2D eigenvalue weighted by atomic mass is 10.2. The maximum absolute atomic E-state index is 6.28. The molecule has 0 aliphatic heterocycles. The highest BCUT2D eigenvalue weighted by atomic mass is 79.9. The first-order valence-corrected chi connectivity index (χ1v) is 8.38. The van der Waals surface area contributed by atoms with Crippen LogP contribution in [0.25, 0.3) is 11.4 Å². The zero-order valence-corrected chi connectivity index (χ0v) is 15.0. The fraction of sp³-hybridized carbons (Fsp3) is 0.333. The average Bonchev–Trinajstić information content (AvgIpc) is 2.46. The fourth-order valence-corrected chi connectivity index (χ4v) is 2.88. The third kappa shape index (κ3) is 3.68. The highest BCUT2D eigenvalue weighted by molar-refractivity contribution is 9.10. The van der Waals surface area contributed by atoms with E-state index in [9.17, 15) is 0 Å². The minimum absolute atomic E-state index is 0.478. The number of nitrogens with zero attached hydrogens (tertiary/aromatic N) is 2. The van der Waals surface area contributed by atoms with Gasteiger partial charge in [0, 0.05) is 12.1 Å². The first kappa shape index (κ1) is 16.5. The standard InChI is InChI=1S/C15H16BrCl2N3/c1-3-6-11-12(16)15(19-4-2)21-14(20-11)9-7-5-8-10(17)13(9)18/h5,7-8H,3-4,6H2,1-2H3,(H,19,20,21). The molecule has 0 amide bonds. The lowest BCUT2D eigenvalue weighted by Crippen LogP contribution is -2.06. The van der Waals surface area contributed by atoms with E-state index in [2.05, 4.69) is 38.1 Å². The van der Waals surface area contributed by atoms with E-state index in [1.807, 2.05) is 19.1 Å². The lowest BCUT2D eigenvalue weighted by molar-refractivity contribution is 0.867. The Morgan fingerprint density at radius 3 is 2.62 bits per heavy atom. The maximum atomic E-state index is 6.28. The fourth-order valence-electron chi connectivity index (χ4n) is 1.98. The van der Waals surface area contributed by atoms with E-state index >= 15 is 0 Å². The number of nitrogens with one attached hydrogen (secondary N) is 1. The van der Waals surface area contributed by atoms with Crippen LogP contribution in [0.2, 0.25) is 10.0 Å². The highest BCUT2D eigenvalue weighted by Gasteiger charge is 2.15. The summed E-state index contributed by atoms with van der Waals surface area (Å²) in [7, 11) is 0. The van der Waals surface area contributed by atoms with Crippen LogP contribution in [0.1, 0.15) is 26.0 Å². The van der Waals surface area contributed by atoms with Crippen molar-refractivity contribution < 1.29 is 0 Å². The molecule has 0 bridgehead atoms. The van der Waals surface area contributed by atoms with Crippen LogP contribution >= 0.6 is 39.1 Å². The summed E-state index contributed by atoms with van der Waals surface area (Å²) in [6.07, 6.45) is 1.87. The zero-order valence-electron chi connectivity index (χ0n) is 11.9. The Balaban J connectivity index is 2.60. The SMILES string of the molecule is CCCc1nc(-c2cccc(Cl)c2Cl)nc(NCC)c1Br. The van der Waals surface area contributed by atoms with Crippen LogP contribution < -0.4 is 5.32 Å². The van der Waals surface area contributed by atoms with Crippen molar-refractivity contribution in [2.45, 2.75) is 26.7 Å². The van der Waals surface area contributed by atoms with Crippen molar-refractivity contribution in [3.05, 3.63) is 38.4 Å². The van der Waals surface area contributed by atoms with Crippen LogP contribution in [-0.4, -0.2) is 16.5 Å². The molecule has 0 saturated carbocycles. The number of hydrogen-bond donors (Lipinski definition) is 1. The van der Waals surface area contributed by atoms with Crippen LogP contribution in [0, 0.1) is 0 Å². The van der Waals surface area contributed by atoms with E-state index in [0.29, 0.717) is 15.9 Å². The summed E-state index contributed by atoms with van der Waals surface area (Å²) in [6, 6.07) is 5.48. The van der Waals surface area contributed by atoms with Crippen molar-refractivity contribution >= 4 is 44.9 Å². The molecular formula is C15H16BrCl2N3. The number of hydrogen-bond acceptors (Lipinski definition) is 3. The molecule has 0 unspecified atom stereocenters.